The van der Waals surface area contributed by atoms with Gasteiger partial charge in [-0.3, -0.25) is 4.98 Å². The normalized spacial score (nSPS) is 17.0. The first-order valence-electron chi connectivity index (χ1n) is 9.81. The maximum absolute atomic E-state index is 13.4. The number of hydrogen-bond acceptors (Lipinski definition) is 5. The Labute approximate surface area is 181 Å². The van der Waals surface area contributed by atoms with Crippen molar-refractivity contribution in [3.05, 3.63) is 66.1 Å². The molecule has 7 nitrogen and oxygen atoms in total. The number of rotatable bonds is 4. The highest BCUT2D eigenvalue weighted by atomic mass is 32.2. The van der Waals surface area contributed by atoms with Crippen LogP contribution in [0.3, 0.4) is 0 Å². The molecular formula is C21H22FN3O4S2. The molecule has 1 aliphatic heterocycles. The highest BCUT2D eigenvalue weighted by molar-refractivity contribution is 7.89. The van der Waals surface area contributed by atoms with Gasteiger partial charge in [-0.2, -0.15) is 8.61 Å². The number of nitrogens with zero attached hydrogens (tertiary/aromatic N) is 3. The quantitative estimate of drug-likeness (QED) is 0.594. The molecule has 0 atom stereocenters. The van der Waals surface area contributed by atoms with Gasteiger partial charge in [0.25, 0.3) is 0 Å². The maximum atomic E-state index is 13.4. The number of hydrogen-bond donors (Lipinski definition) is 0. The van der Waals surface area contributed by atoms with Gasteiger partial charge in [0.05, 0.1) is 15.3 Å². The van der Waals surface area contributed by atoms with Gasteiger partial charge in [0.15, 0.2) is 0 Å². The Balaban J connectivity index is 1.62. The molecule has 4 rings (SSSR count). The highest BCUT2D eigenvalue weighted by Crippen LogP contribution is 2.28. The number of benzene rings is 2. The van der Waals surface area contributed by atoms with Crippen LogP contribution in [0.25, 0.3) is 10.9 Å². The van der Waals surface area contributed by atoms with Crippen molar-refractivity contribution in [2.45, 2.75) is 23.1 Å². The molecule has 3 aromatic rings. The lowest BCUT2D eigenvalue weighted by Gasteiger charge is -2.22. The summed E-state index contributed by atoms with van der Waals surface area (Å²) in [6.45, 7) is 2.30. The third-order valence-electron chi connectivity index (χ3n) is 5.41. The second-order valence-corrected chi connectivity index (χ2v) is 11.2. The van der Waals surface area contributed by atoms with Crippen LogP contribution in [0.2, 0.25) is 0 Å². The minimum absolute atomic E-state index is 0.0131. The first kappa shape index (κ1) is 21.8. The van der Waals surface area contributed by atoms with Gasteiger partial charge in [0.2, 0.25) is 20.0 Å². The van der Waals surface area contributed by atoms with E-state index in [0.717, 1.165) is 17.7 Å². The number of fused-ring (bicyclic) bond motifs is 1. The maximum Gasteiger partial charge on any atom is 0.243 e. The molecular weight excluding hydrogens is 441 g/mol. The zero-order chi connectivity index (χ0) is 22.2. The van der Waals surface area contributed by atoms with E-state index in [4.69, 9.17) is 0 Å². The van der Waals surface area contributed by atoms with Gasteiger partial charge >= 0.3 is 0 Å². The van der Waals surface area contributed by atoms with Crippen LogP contribution in [-0.2, 0) is 20.0 Å². The third-order valence-corrected chi connectivity index (χ3v) is 9.28. The molecule has 0 bridgehead atoms. The number of aryl methyl sites for hydroxylation is 1. The van der Waals surface area contributed by atoms with Crippen LogP contribution >= 0.6 is 0 Å². The first-order chi connectivity index (χ1) is 14.7. The van der Waals surface area contributed by atoms with Gasteiger partial charge in [0, 0.05) is 37.8 Å². The monoisotopic (exact) mass is 463 g/mol. The molecule has 164 valence electrons. The smallest absolute Gasteiger partial charge is 0.243 e. The summed E-state index contributed by atoms with van der Waals surface area (Å²) >= 11 is 0. The molecule has 0 amide bonds. The van der Waals surface area contributed by atoms with Gasteiger partial charge in [-0.1, -0.05) is 6.07 Å². The van der Waals surface area contributed by atoms with E-state index in [2.05, 4.69) is 4.98 Å². The van der Waals surface area contributed by atoms with E-state index in [1.807, 2.05) is 6.92 Å². The summed E-state index contributed by atoms with van der Waals surface area (Å²) in [4.78, 5) is 4.46. The van der Waals surface area contributed by atoms with Gasteiger partial charge in [0.1, 0.15) is 5.82 Å². The molecule has 0 unspecified atom stereocenters. The SMILES string of the molecule is Cc1ccc(S(=O)(=O)N2CCCN(S(=O)(=O)c3ccc(F)cc3)CC2)c2cccnc12. The molecule has 1 fully saturated rings. The lowest BCUT2D eigenvalue weighted by molar-refractivity contribution is 0.405. The van der Waals surface area contributed by atoms with E-state index in [-0.39, 0.29) is 36.0 Å². The van der Waals surface area contributed by atoms with Crippen molar-refractivity contribution in [2.24, 2.45) is 0 Å². The largest absolute Gasteiger partial charge is 0.256 e. The van der Waals surface area contributed by atoms with Crippen LogP contribution in [0.5, 0.6) is 0 Å². The van der Waals surface area contributed by atoms with Crippen LogP contribution < -0.4 is 0 Å². The number of aromatic nitrogens is 1. The van der Waals surface area contributed by atoms with Crippen LogP contribution in [0.15, 0.2) is 64.5 Å². The molecule has 0 spiro atoms. The molecule has 2 heterocycles. The van der Waals surface area contributed by atoms with Gasteiger partial charge in [-0.15, -0.1) is 0 Å². The standard InChI is InChI=1S/C21H22FN3O4S2/c1-16-5-10-20(19-4-2-11-23-21(16)19)31(28,29)25-13-3-12-24(14-15-25)30(26,27)18-8-6-17(22)7-9-18/h2,4-11H,3,12-15H2,1H3. The lowest BCUT2D eigenvalue weighted by Crippen LogP contribution is -2.37. The van der Waals surface area contributed by atoms with Crippen LogP contribution in [-0.4, -0.2) is 56.6 Å². The second kappa shape index (κ2) is 8.27. The highest BCUT2D eigenvalue weighted by Gasteiger charge is 2.32. The summed E-state index contributed by atoms with van der Waals surface area (Å²) < 4.78 is 68.4. The summed E-state index contributed by atoms with van der Waals surface area (Å²) in [5.41, 5.74) is 1.50. The molecule has 1 aliphatic rings. The molecule has 0 radical (unpaired) electrons. The fourth-order valence-corrected chi connectivity index (χ4v) is 6.88. The number of sulfonamides is 2. The fourth-order valence-electron chi connectivity index (χ4n) is 3.76. The Morgan fingerprint density at radius 3 is 2.16 bits per heavy atom. The lowest BCUT2D eigenvalue weighted by atomic mass is 10.1. The summed E-state index contributed by atoms with van der Waals surface area (Å²) in [6, 6.07) is 11.4. The van der Waals surface area contributed by atoms with Crippen molar-refractivity contribution in [2.75, 3.05) is 26.2 Å². The fraction of sp³-hybridized carbons (Fsp3) is 0.286. The zero-order valence-electron chi connectivity index (χ0n) is 16.9. The first-order valence-corrected chi connectivity index (χ1v) is 12.7. The van der Waals surface area contributed by atoms with Crippen molar-refractivity contribution >= 4 is 30.9 Å². The Bertz CT molecular complexity index is 1330. The van der Waals surface area contributed by atoms with E-state index in [1.165, 1.54) is 20.7 Å². The van der Waals surface area contributed by atoms with E-state index in [9.17, 15) is 21.2 Å². The molecule has 0 aliphatic carbocycles. The average molecular weight is 464 g/mol. The summed E-state index contributed by atoms with van der Waals surface area (Å²) in [7, 11) is -7.69. The molecule has 10 heteroatoms. The minimum Gasteiger partial charge on any atom is -0.256 e. The summed E-state index contributed by atoms with van der Waals surface area (Å²) in [5, 5.41) is 0.544. The van der Waals surface area contributed by atoms with E-state index < -0.39 is 25.9 Å². The summed E-state index contributed by atoms with van der Waals surface area (Å²) in [5.74, 6) is -0.521. The molecule has 2 aromatic carbocycles. The van der Waals surface area contributed by atoms with Gasteiger partial charge < -0.3 is 0 Å². The van der Waals surface area contributed by atoms with Crippen LogP contribution in [0, 0.1) is 12.7 Å². The van der Waals surface area contributed by atoms with Crippen molar-refractivity contribution in [1.82, 2.24) is 13.6 Å². The third kappa shape index (κ3) is 4.08. The van der Waals surface area contributed by atoms with Crippen molar-refractivity contribution in [1.29, 1.82) is 0 Å². The topological polar surface area (TPSA) is 87.7 Å². The predicted molar refractivity (Wildman–Crippen MR) is 115 cm³/mol. The Morgan fingerprint density at radius 1 is 0.839 bits per heavy atom. The molecule has 31 heavy (non-hydrogen) atoms. The van der Waals surface area contributed by atoms with E-state index >= 15 is 0 Å². The minimum atomic E-state index is -3.85. The summed E-state index contributed by atoms with van der Waals surface area (Å²) in [6.07, 6.45) is 1.97. The van der Waals surface area contributed by atoms with Crippen LogP contribution in [0.1, 0.15) is 12.0 Å². The average Bonchev–Trinajstić information content (AvgIpc) is 3.02. The Hall–Kier alpha value is -2.40. The molecule has 0 N–H and O–H groups in total. The molecule has 1 aromatic heterocycles. The Morgan fingerprint density at radius 2 is 1.48 bits per heavy atom. The molecule has 1 saturated heterocycles. The van der Waals surface area contributed by atoms with E-state index in [0.29, 0.717) is 17.3 Å². The second-order valence-electron chi connectivity index (χ2n) is 7.40. The van der Waals surface area contributed by atoms with E-state index in [1.54, 1.807) is 30.5 Å². The number of halogens is 1. The molecule has 0 saturated carbocycles. The predicted octanol–water partition coefficient (Wildman–Crippen LogP) is 2.77. The number of pyridine rings is 1. The van der Waals surface area contributed by atoms with Crippen molar-refractivity contribution in [3.8, 4) is 0 Å². The van der Waals surface area contributed by atoms with Crippen LogP contribution in [0.4, 0.5) is 4.39 Å². The van der Waals surface area contributed by atoms with Crippen molar-refractivity contribution < 1.29 is 21.2 Å². The zero-order valence-corrected chi connectivity index (χ0v) is 18.5. The van der Waals surface area contributed by atoms with Crippen molar-refractivity contribution in [3.63, 3.8) is 0 Å². The van der Waals surface area contributed by atoms with Gasteiger partial charge in [-0.05, 0) is 61.4 Å². The van der Waals surface area contributed by atoms with Gasteiger partial charge in [-0.25, -0.2) is 21.2 Å². The Kier molecular flexibility index (Phi) is 5.82.